The first-order valence-electron chi connectivity index (χ1n) is 5.62. The number of nitrogens with two attached hydrogens (primary N) is 1. The highest BCUT2D eigenvalue weighted by Gasteiger charge is 2.36. The fourth-order valence-corrected chi connectivity index (χ4v) is 2.41. The van der Waals surface area contributed by atoms with E-state index in [9.17, 15) is 0 Å². The Labute approximate surface area is 92.1 Å². The zero-order valence-corrected chi connectivity index (χ0v) is 9.83. The van der Waals surface area contributed by atoms with Crippen LogP contribution in [0.4, 0.5) is 5.69 Å². The highest BCUT2D eigenvalue weighted by atomic mass is 15.2. The summed E-state index contributed by atoms with van der Waals surface area (Å²) in [6.45, 7) is 8.58. The summed E-state index contributed by atoms with van der Waals surface area (Å²) in [7, 11) is 0. The molecule has 0 radical (unpaired) electrons. The topological polar surface area (TPSA) is 29.3 Å². The van der Waals surface area contributed by atoms with Crippen LogP contribution in [-0.2, 0) is 5.41 Å². The zero-order valence-electron chi connectivity index (χ0n) is 9.83. The van der Waals surface area contributed by atoms with Crippen molar-refractivity contribution in [3.63, 3.8) is 0 Å². The van der Waals surface area contributed by atoms with Crippen molar-refractivity contribution in [1.29, 1.82) is 0 Å². The molecule has 1 atom stereocenters. The predicted molar refractivity (Wildman–Crippen MR) is 65.3 cm³/mol. The van der Waals surface area contributed by atoms with Crippen molar-refractivity contribution in [2.24, 2.45) is 5.73 Å². The van der Waals surface area contributed by atoms with E-state index in [4.69, 9.17) is 5.73 Å². The van der Waals surface area contributed by atoms with Gasteiger partial charge >= 0.3 is 0 Å². The Morgan fingerprint density at radius 2 is 2.07 bits per heavy atom. The fraction of sp³-hybridized carbons (Fsp3) is 0.538. The van der Waals surface area contributed by atoms with Crippen molar-refractivity contribution in [2.75, 3.05) is 18.0 Å². The van der Waals surface area contributed by atoms with E-state index in [1.807, 2.05) is 0 Å². The summed E-state index contributed by atoms with van der Waals surface area (Å²) in [6, 6.07) is 9.09. The van der Waals surface area contributed by atoms with Crippen molar-refractivity contribution in [1.82, 2.24) is 0 Å². The van der Waals surface area contributed by atoms with Crippen molar-refractivity contribution in [3.8, 4) is 0 Å². The normalized spacial score (nSPS) is 20.1. The summed E-state index contributed by atoms with van der Waals surface area (Å²) in [4.78, 5) is 2.43. The monoisotopic (exact) mass is 204 g/mol. The predicted octanol–water partition coefficient (Wildman–Crippen LogP) is 2.13. The van der Waals surface area contributed by atoms with Gasteiger partial charge in [-0.2, -0.15) is 0 Å². The maximum Gasteiger partial charge on any atom is 0.0408 e. The molecule has 2 N–H and O–H groups in total. The number of benzene rings is 1. The Balaban J connectivity index is 2.42. The molecule has 0 spiro atoms. The lowest BCUT2D eigenvalue weighted by Crippen LogP contribution is -2.40. The highest BCUT2D eigenvalue weighted by Crippen LogP contribution is 2.40. The van der Waals surface area contributed by atoms with Gasteiger partial charge in [-0.3, -0.25) is 0 Å². The number of anilines is 1. The molecule has 0 saturated heterocycles. The van der Waals surface area contributed by atoms with Gasteiger partial charge in [-0.25, -0.2) is 0 Å². The number of nitrogens with zero attached hydrogens (tertiary/aromatic N) is 1. The van der Waals surface area contributed by atoms with E-state index in [1.165, 1.54) is 11.3 Å². The SMILES string of the molecule is CC(CN)N1CC(C)(C)c2ccccc21. The molecule has 0 amide bonds. The van der Waals surface area contributed by atoms with Gasteiger partial charge < -0.3 is 10.6 Å². The van der Waals surface area contributed by atoms with Crippen LogP contribution in [0.5, 0.6) is 0 Å². The molecule has 1 aromatic carbocycles. The van der Waals surface area contributed by atoms with Crippen LogP contribution in [0.3, 0.4) is 0 Å². The molecule has 1 aliphatic rings. The lowest BCUT2D eigenvalue weighted by molar-refractivity contribution is 0.523. The summed E-state index contributed by atoms with van der Waals surface area (Å²) in [6.07, 6.45) is 0. The van der Waals surface area contributed by atoms with Crippen molar-refractivity contribution >= 4 is 5.69 Å². The van der Waals surface area contributed by atoms with Gasteiger partial charge in [-0.05, 0) is 18.6 Å². The third-order valence-electron chi connectivity index (χ3n) is 3.38. The van der Waals surface area contributed by atoms with Gasteiger partial charge in [0.2, 0.25) is 0 Å². The van der Waals surface area contributed by atoms with E-state index in [0.717, 1.165) is 6.54 Å². The van der Waals surface area contributed by atoms with Crippen LogP contribution in [0.2, 0.25) is 0 Å². The number of rotatable bonds is 2. The Hall–Kier alpha value is -1.02. The van der Waals surface area contributed by atoms with E-state index in [0.29, 0.717) is 12.6 Å². The molecule has 1 aromatic rings. The quantitative estimate of drug-likeness (QED) is 0.799. The third-order valence-corrected chi connectivity index (χ3v) is 3.38. The molecule has 1 unspecified atom stereocenters. The summed E-state index contributed by atoms with van der Waals surface area (Å²) >= 11 is 0. The second kappa shape index (κ2) is 3.53. The minimum Gasteiger partial charge on any atom is -0.366 e. The molecule has 15 heavy (non-hydrogen) atoms. The Morgan fingerprint density at radius 3 is 2.73 bits per heavy atom. The number of hydrogen-bond acceptors (Lipinski definition) is 2. The summed E-state index contributed by atoms with van der Waals surface area (Å²) < 4.78 is 0. The molecule has 2 heteroatoms. The van der Waals surface area contributed by atoms with Gasteiger partial charge in [0.05, 0.1) is 0 Å². The zero-order chi connectivity index (χ0) is 11.1. The van der Waals surface area contributed by atoms with Gasteiger partial charge in [0, 0.05) is 30.2 Å². The van der Waals surface area contributed by atoms with Crippen LogP contribution < -0.4 is 10.6 Å². The first-order chi connectivity index (χ1) is 7.06. The molecule has 82 valence electrons. The number of para-hydroxylation sites is 1. The molecule has 0 fully saturated rings. The molecular weight excluding hydrogens is 184 g/mol. The fourth-order valence-electron chi connectivity index (χ4n) is 2.41. The van der Waals surface area contributed by atoms with E-state index in [1.54, 1.807) is 0 Å². The molecule has 0 saturated carbocycles. The maximum absolute atomic E-state index is 5.76. The minimum absolute atomic E-state index is 0.250. The van der Waals surface area contributed by atoms with E-state index in [2.05, 4.69) is 49.9 Å². The van der Waals surface area contributed by atoms with E-state index < -0.39 is 0 Å². The Kier molecular flexibility index (Phi) is 2.47. The van der Waals surface area contributed by atoms with Gasteiger partial charge in [0.15, 0.2) is 0 Å². The standard InChI is InChI=1S/C13H20N2/c1-10(8-14)15-9-13(2,3)11-6-4-5-7-12(11)15/h4-7,10H,8-9,14H2,1-3H3. The summed E-state index contributed by atoms with van der Waals surface area (Å²) in [5.41, 5.74) is 8.82. The second-order valence-corrected chi connectivity index (χ2v) is 5.11. The molecular formula is C13H20N2. The van der Waals surface area contributed by atoms with Gasteiger partial charge in [0.1, 0.15) is 0 Å². The van der Waals surface area contributed by atoms with Crippen LogP contribution in [0.15, 0.2) is 24.3 Å². The number of fused-ring (bicyclic) bond motifs is 1. The van der Waals surface area contributed by atoms with Crippen molar-refractivity contribution < 1.29 is 0 Å². The highest BCUT2D eigenvalue weighted by molar-refractivity contribution is 5.62. The number of hydrogen-bond donors (Lipinski definition) is 1. The molecule has 2 rings (SSSR count). The van der Waals surface area contributed by atoms with E-state index >= 15 is 0 Å². The Morgan fingerprint density at radius 1 is 1.40 bits per heavy atom. The Bertz CT molecular complexity index is 357. The maximum atomic E-state index is 5.76. The molecule has 0 aliphatic carbocycles. The smallest absolute Gasteiger partial charge is 0.0408 e. The van der Waals surface area contributed by atoms with Gasteiger partial charge in [-0.1, -0.05) is 32.0 Å². The molecule has 0 aromatic heterocycles. The van der Waals surface area contributed by atoms with Crippen LogP contribution in [0, 0.1) is 0 Å². The van der Waals surface area contributed by atoms with Crippen LogP contribution in [0.25, 0.3) is 0 Å². The van der Waals surface area contributed by atoms with Crippen molar-refractivity contribution in [2.45, 2.75) is 32.2 Å². The molecule has 0 bridgehead atoms. The lowest BCUT2D eigenvalue weighted by atomic mass is 9.87. The third kappa shape index (κ3) is 1.63. The van der Waals surface area contributed by atoms with Crippen LogP contribution >= 0.6 is 0 Å². The largest absolute Gasteiger partial charge is 0.366 e. The van der Waals surface area contributed by atoms with Crippen LogP contribution in [-0.4, -0.2) is 19.1 Å². The average Bonchev–Trinajstić information content (AvgIpc) is 2.51. The molecule has 1 aliphatic heterocycles. The van der Waals surface area contributed by atoms with Crippen LogP contribution in [0.1, 0.15) is 26.3 Å². The second-order valence-electron chi connectivity index (χ2n) is 5.11. The molecule has 1 heterocycles. The summed E-state index contributed by atoms with van der Waals surface area (Å²) in [5.74, 6) is 0. The molecule has 2 nitrogen and oxygen atoms in total. The first kappa shape index (κ1) is 10.5. The van der Waals surface area contributed by atoms with Crippen molar-refractivity contribution in [3.05, 3.63) is 29.8 Å². The van der Waals surface area contributed by atoms with E-state index in [-0.39, 0.29) is 5.41 Å². The lowest BCUT2D eigenvalue weighted by Gasteiger charge is -2.28. The minimum atomic E-state index is 0.250. The average molecular weight is 204 g/mol. The first-order valence-corrected chi connectivity index (χ1v) is 5.62. The van der Waals surface area contributed by atoms with Gasteiger partial charge in [-0.15, -0.1) is 0 Å². The van der Waals surface area contributed by atoms with Gasteiger partial charge in [0.25, 0.3) is 0 Å². The summed E-state index contributed by atoms with van der Waals surface area (Å²) in [5, 5.41) is 0.